The molecule has 112 valence electrons. The van der Waals surface area contributed by atoms with E-state index < -0.39 is 50.0 Å². The Kier molecular flexibility index (Phi) is 2.88. The minimum Gasteiger partial charge on any atom is -0.437 e. The normalized spacial score (nSPS) is 33.3. The van der Waals surface area contributed by atoms with E-state index in [1.54, 1.807) is 20.8 Å². The van der Waals surface area contributed by atoms with Crippen molar-refractivity contribution >= 4 is 6.09 Å². The van der Waals surface area contributed by atoms with Gasteiger partial charge < -0.3 is 9.64 Å². The molecule has 19 heavy (non-hydrogen) atoms. The van der Waals surface area contributed by atoms with Crippen LogP contribution in [0.25, 0.3) is 0 Å². The Morgan fingerprint density at radius 1 is 1.32 bits per heavy atom. The highest BCUT2D eigenvalue weighted by Gasteiger charge is 2.40. The lowest BCUT2D eigenvalue weighted by atomic mass is 10.1. The summed E-state index contributed by atoms with van der Waals surface area (Å²) in [6.45, 7) is -2.31. The number of alkyl halides is 3. The van der Waals surface area contributed by atoms with Crippen molar-refractivity contribution in [2.24, 2.45) is 0 Å². The van der Waals surface area contributed by atoms with Gasteiger partial charge in [-0.25, -0.2) is 4.79 Å². The van der Waals surface area contributed by atoms with E-state index in [-0.39, 0.29) is 4.90 Å². The van der Waals surface area contributed by atoms with Gasteiger partial charge in [0.2, 0.25) is 0 Å². The van der Waals surface area contributed by atoms with Crippen LogP contribution in [0.4, 0.5) is 18.0 Å². The summed E-state index contributed by atoms with van der Waals surface area (Å²) in [5.41, 5.74) is -0.789. The summed E-state index contributed by atoms with van der Waals surface area (Å²) < 4.78 is 81.5. The lowest BCUT2D eigenvalue weighted by molar-refractivity contribution is -0.200. The van der Waals surface area contributed by atoms with Crippen LogP contribution in [0.3, 0.4) is 0 Å². The second-order valence-electron chi connectivity index (χ2n) is 5.12. The van der Waals surface area contributed by atoms with E-state index in [0.29, 0.717) is 6.92 Å². The maximum absolute atomic E-state index is 12.5. The van der Waals surface area contributed by atoms with E-state index in [1.165, 1.54) is 4.90 Å². The van der Waals surface area contributed by atoms with Crippen LogP contribution in [0.2, 0.25) is 0 Å². The molecule has 2 atom stereocenters. The maximum atomic E-state index is 12.5. The van der Waals surface area contributed by atoms with Crippen LogP contribution in [0.1, 0.15) is 34.5 Å². The third-order valence-corrected chi connectivity index (χ3v) is 2.52. The zero-order valence-electron chi connectivity index (χ0n) is 16.2. The number of rotatable bonds is 1. The molecule has 0 spiro atoms. The standard InChI is InChI=1S/C12H21F3N2O2/c1-9(12(13,14)15)19-10(18)16-5-7-17(8-6-16)11(2,3)4/h9H,5-8H2,1-4H3/i5D2,6D2,7D. The molecule has 1 rings (SSSR count). The first-order valence-corrected chi connectivity index (χ1v) is 5.69. The molecule has 0 bridgehead atoms. The molecule has 0 N–H and O–H groups in total. The van der Waals surface area contributed by atoms with Crippen molar-refractivity contribution < 1.29 is 29.6 Å². The van der Waals surface area contributed by atoms with Gasteiger partial charge in [0.25, 0.3) is 0 Å². The molecule has 1 saturated heterocycles. The van der Waals surface area contributed by atoms with Crippen LogP contribution < -0.4 is 0 Å². The van der Waals surface area contributed by atoms with E-state index in [9.17, 15) is 18.0 Å². The quantitative estimate of drug-likeness (QED) is 0.743. The predicted molar refractivity (Wildman–Crippen MR) is 64.9 cm³/mol. The van der Waals surface area contributed by atoms with Gasteiger partial charge in [-0.2, -0.15) is 13.2 Å². The van der Waals surface area contributed by atoms with E-state index in [0.717, 1.165) is 0 Å². The molecule has 0 aromatic carbocycles. The molecule has 1 fully saturated rings. The number of ether oxygens (including phenoxy) is 1. The fourth-order valence-electron chi connectivity index (χ4n) is 1.18. The van der Waals surface area contributed by atoms with Crippen molar-refractivity contribution in [2.45, 2.75) is 45.5 Å². The maximum Gasteiger partial charge on any atom is 0.425 e. The number of amides is 1. The lowest BCUT2D eigenvalue weighted by Crippen LogP contribution is -2.55. The van der Waals surface area contributed by atoms with Crippen LogP contribution in [-0.2, 0) is 4.74 Å². The summed E-state index contributed by atoms with van der Waals surface area (Å²) in [6.07, 6.45) is -9.18. The second kappa shape index (κ2) is 5.56. The Morgan fingerprint density at radius 3 is 2.37 bits per heavy atom. The molecule has 0 aromatic heterocycles. The van der Waals surface area contributed by atoms with E-state index >= 15 is 0 Å². The number of hydrogen-bond donors (Lipinski definition) is 0. The largest absolute Gasteiger partial charge is 0.437 e. The van der Waals surface area contributed by atoms with Gasteiger partial charge in [-0.15, -0.1) is 0 Å². The first kappa shape index (κ1) is 9.85. The van der Waals surface area contributed by atoms with Crippen molar-refractivity contribution in [1.29, 1.82) is 0 Å². The van der Waals surface area contributed by atoms with Crippen LogP contribution in [0.15, 0.2) is 0 Å². The minimum atomic E-state index is -4.86. The summed E-state index contributed by atoms with van der Waals surface area (Å²) in [4.78, 5) is 13.2. The average Bonchev–Trinajstić information content (AvgIpc) is 2.30. The molecule has 7 heteroatoms. The Bertz CT molecular complexity index is 496. The summed E-state index contributed by atoms with van der Waals surface area (Å²) in [6, 6.07) is 0. The fourth-order valence-corrected chi connectivity index (χ4v) is 1.18. The third kappa shape index (κ3) is 4.56. The minimum absolute atomic E-state index is 0.0534. The summed E-state index contributed by atoms with van der Waals surface area (Å²) in [7, 11) is 0. The lowest BCUT2D eigenvalue weighted by Gasteiger charge is -2.42. The Hall–Kier alpha value is -0.980. The Morgan fingerprint density at radius 2 is 1.89 bits per heavy atom. The second-order valence-corrected chi connectivity index (χ2v) is 5.12. The van der Waals surface area contributed by atoms with Gasteiger partial charge in [0.1, 0.15) is 0 Å². The van der Waals surface area contributed by atoms with Crippen molar-refractivity contribution in [2.75, 3.05) is 26.1 Å². The zero-order chi connectivity index (χ0) is 19.3. The molecular formula is C12H21F3N2O2. The van der Waals surface area contributed by atoms with Crippen molar-refractivity contribution in [3.05, 3.63) is 0 Å². The first-order valence-electron chi connectivity index (χ1n) is 8.27. The molecule has 0 aromatic rings. The van der Waals surface area contributed by atoms with Gasteiger partial charge in [-0.3, -0.25) is 4.90 Å². The van der Waals surface area contributed by atoms with Gasteiger partial charge in [0.15, 0.2) is 6.10 Å². The Balaban J connectivity index is 3.17. The van der Waals surface area contributed by atoms with Gasteiger partial charge in [0.05, 0.1) is 5.48 Å². The highest BCUT2D eigenvalue weighted by atomic mass is 19.4. The number of nitrogens with zero attached hydrogens (tertiary/aromatic N) is 2. The smallest absolute Gasteiger partial charge is 0.425 e. The zero-order valence-corrected chi connectivity index (χ0v) is 11.2. The summed E-state index contributed by atoms with van der Waals surface area (Å²) >= 11 is 0. The summed E-state index contributed by atoms with van der Waals surface area (Å²) in [5, 5.41) is 0. The van der Waals surface area contributed by atoms with Gasteiger partial charge in [-0.1, -0.05) is 0 Å². The van der Waals surface area contributed by atoms with Crippen molar-refractivity contribution in [3.8, 4) is 0 Å². The molecule has 0 aliphatic carbocycles. The molecule has 1 heterocycles. The van der Waals surface area contributed by atoms with Gasteiger partial charge in [-0.05, 0) is 27.7 Å². The molecule has 1 aliphatic heterocycles. The third-order valence-electron chi connectivity index (χ3n) is 2.52. The number of halogens is 3. The molecular weight excluding hydrogens is 261 g/mol. The number of piperazine rings is 1. The fraction of sp³-hybridized carbons (Fsp3) is 0.917. The number of carbonyl (C=O) groups excluding carboxylic acids is 1. The van der Waals surface area contributed by atoms with Crippen LogP contribution >= 0.6 is 0 Å². The molecule has 2 unspecified atom stereocenters. The molecule has 1 aliphatic rings. The van der Waals surface area contributed by atoms with Crippen LogP contribution in [-0.4, -0.2) is 59.8 Å². The molecule has 1 amide bonds. The Labute approximate surface area is 118 Å². The first-order chi connectivity index (χ1) is 10.4. The highest BCUT2D eigenvalue weighted by molar-refractivity contribution is 5.68. The predicted octanol–water partition coefficient (Wildman–Crippen LogP) is 2.49. The highest BCUT2D eigenvalue weighted by Crippen LogP contribution is 2.23. The van der Waals surface area contributed by atoms with Crippen molar-refractivity contribution in [3.63, 3.8) is 0 Å². The molecule has 4 nitrogen and oxygen atoms in total. The van der Waals surface area contributed by atoms with E-state index in [2.05, 4.69) is 4.74 Å². The van der Waals surface area contributed by atoms with Crippen LogP contribution in [0.5, 0.6) is 0 Å². The monoisotopic (exact) mass is 287 g/mol. The molecule has 0 radical (unpaired) electrons. The number of carbonyl (C=O) groups is 1. The topological polar surface area (TPSA) is 32.8 Å². The molecule has 0 saturated carbocycles. The average molecular weight is 287 g/mol. The van der Waals surface area contributed by atoms with Gasteiger partial charge in [0, 0.05) is 33.0 Å². The van der Waals surface area contributed by atoms with Gasteiger partial charge >= 0.3 is 12.3 Å². The summed E-state index contributed by atoms with van der Waals surface area (Å²) in [5.74, 6) is 0. The SMILES string of the molecule is [2H]C1N(C(C)(C)C)CC([2H])([2H])N(C(=O)OC(C)C(F)(F)F)C1([2H])[2H]. The van der Waals surface area contributed by atoms with E-state index in [4.69, 9.17) is 6.85 Å². The van der Waals surface area contributed by atoms with E-state index in [1.807, 2.05) is 0 Å². The number of hydrogen-bond acceptors (Lipinski definition) is 3. The van der Waals surface area contributed by atoms with Crippen LogP contribution in [0, 0.1) is 0 Å². The van der Waals surface area contributed by atoms with Crippen molar-refractivity contribution in [1.82, 2.24) is 9.80 Å².